The van der Waals surface area contributed by atoms with Crippen LogP contribution in [0.3, 0.4) is 0 Å². The standard InChI is InChI=1S/C14H19F/c15-14-9-7-13(8-10-14)11-12-5-3-1-2-4-6-12/h7-10,12H,1-6,11H2. The lowest BCUT2D eigenvalue weighted by Gasteiger charge is -2.13. The van der Waals surface area contributed by atoms with Gasteiger partial charge in [0.15, 0.2) is 0 Å². The molecule has 82 valence electrons. The van der Waals surface area contributed by atoms with Crippen molar-refractivity contribution in [2.45, 2.75) is 44.9 Å². The van der Waals surface area contributed by atoms with Gasteiger partial charge in [0.05, 0.1) is 0 Å². The fourth-order valence-electron chi connectivity index (χ4n) is 2.52. The molecule has 0 nitrogen and oxygen atoms in total. The van der Waals surface area contributed by atoms with Gasteiger partial charge in [0.1, 0.15) is 5.82 Å². The molecule has 0 heterocycles. The normalized spacial score (nSPS) is 18.7. The average Bonchev–Trinajstić information content (AvgIpc) is 2.50. The highest BCUT2D eigenvalue weighted by Gasteiger charge is 2.12. The second-order valence-corrected chi connectivity index (χ2v) is 4.69. The summed E-state index contributed by atoms with van der Waals surface area (Å²) in [5, 5.41) is 0. The molecule has 0 spiro atoms. The predicted molar refractivity (Wildman–Crippen MR) is 61.3 cm³/mol. The molecular weight excluding hydrogens is 187 g/mol. The van der Waals surface area contributed by atoms with Crippen molar-refractivity contribution < 1.29 is 4.39 Å². The van der Waals surface area contributed by atoms with E-state index in [1.165, 1.54) is 44.1 Å². The highest BCUT2D eigenvalue weighted by Crippen LogP contribution is 2.25. The van der Waals surface area contributed by atoms with Crippen LogP contribution in [0, 0.1) is 11.7 Å². The zero-order valence-electron chi connectivity index (χ0n) is 9.21. The van der Waals surface area contributed by atoms with Gasteiger partial charge in [0.2, 0.25) is 0 Å². The second kappa shape index (κ2) is 5.29. The molecule has 1 aromatic rings. The molecule has 1 saturated carbocycles. The van der Waals surface area contributed by atoms with E-state index < -0.39 is 0 Å². The molecule has 2 rings (SSSR count). The van der Waals surface area contributed by atoms with Crippen molar-refractivity contribution in [2.24, 2.45) is 5.92 Å². The van der Waals surface area contributed by atoms with Crippen molar-refractivity contribution in [1.29, 1.82) is 0 Å². The average molecular weight is 206 g/mol. The Bertz CT molecular complexity index is 281. The molecule has 0 aliphatic heterocycles. The topological polar surface area (TPSA) is 0 Å². The van der Waals surface area contributed by atoms with E-state index in [9.17, 15) is 4.39 Å². The van der Waals surface area contributed by atoms with Crippen LogP contribution in [0.5, 0.6) is 0 Å². The minimum Gasteiger partial charge on any atom is -0.207 e. The molecular formula is C14H19F. The molecule has 15 heavy (non-hydrogen) atoms. The highest BCUT2D eigenvalue weighted by molar-refractivity contribution is 5.16. The Kier molecular flexibility index (Phi) is 3.76. The zero-order chi connectivity index (χ0) is 10.5. The molecule has 0 radical (unpaired) electrons. The molecule has 1 aliphatic carbocycles. The summed E-state index contributed by atoms with van der Waals surface area (Å²) in [4.78, 5) is 0. The van der Waals surface area contributed by atoms with Gasteiger partial charge < -0.3 is 0 Å². The molecule has 0 aromatic heterocycles. The van der Waals surface area contributed by atoms with Gasteiger partial charge in [-0.25, -0.2) is 4.39 Å². The first kappa shape index (κ1) is 10.7. The summed E-state index contributed by atoms with van der Waals surface area (Å²) in [5.74, 6) is 0.706. The van der Waals surface area contributed by atoms with E-state index in [4.69, 9.17) is 0 Å². The summed E-state index contributed by atoms with van der Waals surface area (Å²) >= 11 is 0. The van der Waals surface area contributed by atoms with Gasteiger partial charge in [-0.15, -0.1) is 0 Å². The van der Waals surface area contributed by atoms with Crippen molar-refractivity contribution in [3.05, 3.63) is 35.6 Å². The molecule has 0 atom stereocenters. The molecule has 0 bridgehead atoms. The first-order valence-corrected chi connectivity index (χ1v) is 6.09. The van der Waals surface area contributed by atoms with Crippen molar-refractivity contribution in [1.82, 2.24) is 0 Å². The quantitative estimate of drug-likeness (QED) is 0.631. The summed E-state index contributed by atoms with van der Waals surface area (Å²) in [6, 6.07) is 7.01. The van der Waals surface area contributed by atoms with Gasteiger partial charge in [-0.3, -0.25) is 0 Å². The van der Waals surface area contributed by atoms with Crippen LogP contribution in [-0.4, -0.2) is 0 Å². The van der Waals surface area contributed by atoms with E-state index in [0.717, 1.165) is 12.3 Å². The van der Waals surface area contributed by atoms with Crippen LogP contribution in [0.2, 0.25) is 0 Å². The highest BCUT2D eigenvalue weighted by atomic mass is 19.1. The summed E-state index contributed by atoms with van der Waals surface area (Å²) in [7, 11) is 0. The third kappa shape index (κ3) is 3.33. The van der Waals surface area contributed by atoms with Gasteiger partial charge >= 0.3 is 0 Å². The van der Waals surface area contributed by atoms with Crippen molar-refractivity contribution in [3.8, 4) is 0 Å². The van der Waals surface area contributed by atoms with Crippen LogP contribution >= 0.6 is 0 Å². The van der Waals surface area contributed by atoms with E-state index in [1.807, 2.05) is 12.1 Å². The first-order valence-electron chi connectivity index (χ1n) is 6.09. The van der Waals surface area contributed by atoms with Gasteiger partial charge in [-0.05, 0) is 30.0 Å². The van der Waals surface area contributed by atoms with Crippen molar-refractivity contribution in [2.75, 3.05) is 0 Å². The number of rotatable bonds is 2. The second-order valence-electron chi connectivity index (χ2n) is 4.69. The van der Waals surface area contributed by atoms with E-state index in [1.54, 1.807) is 12.1 Å². The summed E-state index contributed by atoms with van der Waals surface area (Å²) in [6.45, 7) is 0. The molecule has 0 saturated heterocycles. The Hall–Kier alpha value is -0.850. The lowest BCUT2D eigenvalue weighted by molar-refractivity contribution is 0.457. The number of halogens is 1. The Balaban J connectivity index is 1.92. The van der Waals surface area contributed by atoms with Crippen LogP contribution in [0.25, 0.3) is 0 Å². The van der Waals surface area contributed by atoms with Crippen LogP contribution in [-0.2, 0) is 6.42 Å². The Morgan fingerprint density at radius 1 is 0.933 bits per heavy atom. The lowest BCUT2D eigenvalue weighted by Crippen LogP contribution is -2.03. The molecule has 1 fully saturated rings. The molecule has 0 unspecified atom stereocenters. The van der Waals surface area contributed by atoms with E-state index in [0.29, 0.717) is 0 Å². The molecule has 0 amide bonds. The molecule has 1 aromatic carbocycles. The minimum absolute atomic E-state index is 0.125. The largest absolute Gasteiger partial charge is 0.207 e. The molecule has 0 N–H and O–H groups in total. The maximum atomic E-state index is 12.7. The fraction of sp³-hybridized carbons (Fsp3) is 0.571. The van der Waals surface area contributed by atoms with E-state index >= 15 is 0 Å². The van der Waals surface area contributed by atoms with E-state index in [2.05, 4.69) is 0 Å². The fourth-order valence-corrected chi connectivity index (χ4v) is 2.52. The third-order valence-corrected chi connectivity index (χ3v) is 3.41. The van der Waals surface area contributed by atoms with Crippen LogP contribution in [0.1, 0.15) is 44.1 Å². The SMILES string of the molecule is Fc1ccc(CC2CCCCCC2)cc1. The maximum absolute atomic E-state index is 12.7. The van der Waals surface area contributed by atoms with Gasteiger partial charge in [0.25, 0.3) is 0 Å². The first-order chi connectivity index (χ1) is 7.34. The molecule has 1 heteroatoms. The Labute approximate surface area is 91.5 Å². The number of hydrogen-bond acceptors (Lipinski definition) is 0. The lowest BCUT2D eigenvalue weighted by atomic mass is 9.92. The van der Waals surface area contributed by atoms with Crippen LogP contribution in [0.4, 0.5) is 4.39 Å². The predicted octanol–water partition coefficient (Wildman–Crippen LogP) is 4.34. The number of benzene rings is 1. The van der Waals surface area contributed by atoms with Gasteiger partial charge in [0, 0.05) is 0 Å². The Morgan fingerprint density at radius 2 is 1.53 bits per heavy atom. The summed E-state index contributed by atoms with van der Waals surface area (Å²) in [6.07, 6.45) is 9.42. The van der Waals surface area contributed by atoms with Crippen molar-refractivity contribution in [3.63, 3.8) is 0 Å². The maximum Gasteiger partial charge on any atom is 0.123 e. The van der Waals surface area contributed by atoms with Gasteiger partial charge in [-0.1, -0.05) is 50.7 Å². The molecule has 1 aliphatic rings. The van der Waals surface area contributed by atoms with E-state index in [-0.39, 0.29) is 5.82 Å². The Morgan fingerprint density at radius 3 is 2.13 bits per heavy atom. The zero-order valence-corrected chi connectivity index (χ0v) is 9.21. The summed E-state index contributed by atoms with van der Waals surface area (Å²) < 4.78 is 12.7. The van der Waals surface area contributed by atoms with Crippen LogP contribution in [0.15, 0.2) is 24.3 Å². The smallest absolute Gasteiger partial charge is 0.123 e. The summed E-state index contributed by atoms with van der Waals surface area (Å²) in [5.41, 5.74) is 1.29. The van der Waals surface area contributed by atoms with Crippen molar-refractivity contribution >= 4 is 0 Å². The number of hydrogen-bond donors (Lipinski definition) is 0. The van der Waals surface area contributed by atoms with Gasteiger partial charge in [-0.2, -0.15) is 0 Å². The van der Waals surface area contributed by atoms with Crippen LogP contribution < -0.4 is 0 Å². The third-order valence-electron chi connectivity index (χ3n) is 3.41. The monoisotopic (exact) mass is 206 g/mol. The minimum atomic E-state index is -0.125.